The van der Waals surface area contributed by atoms with Crippen molar-refractivity contribution in [3.05, 3.63) is 89.2 Å². The zero-order chi connectivity index (χ0) is 28.9. The first kappa shape index (κ1) is 28.4. The normalized spacial score (nSPS) is 17.6. The Morgan fingerprint density at radius 2 is 1.73 bits per heavy atom. The van der Waals surface area contributed by atoms with Gasteiger partial charge in [0.25, 0.3) is 0 Å². The summed E-state index contributed by atoms with van der Waals surface area (Å²) in [6, 6.07) is 18.8. The van der Waals surface area contributed by atoms with Gasteiger partial charge in [-0.05, 0) is 91.1 Å². The maximum Gasteiger partial charge on any atom is 0.240 e. The Morgan fingerprint density at radius 3 is 2.46 bits per heavy atom. The standard InChI is InChI=1S/C32H36FN5O3/c1-37-29-15-8-23(18-28(29)35-36-37)9-16-31(39)30-19-24(17-22-5-12-26(41-2)13-6-22)20-38(30)32(40)27(34)14-7-21-3-10-25(33)11-4-21/h3-6,8,10-13,15,18,24,27,30H,7,9,14,16-17,19-20,34H2,1-2H3/t24-,27-,30+/m1/s1. The van der Waals surface area contributed by atoms with E-state index in [-0.39, 0.29) is 23.4 Å². The number of ether oxygens (including phenoxy) is 1. The maximum atomic E-state index is 13.6. The van der Waals surface area contributed by atoms with Gasteiger partial charge in [0.15, 0.2) is 5.78 Å². The molecule has 1 aliphatic rings. The summed E-state index contributed by atoms with van der Waals surface area (Å²) < 4.78 is 20.3. The van der Waals surface area contributed by atoms with Crippen LogP contribution in [0.25, 0.3) is 11.0 Å². The number of methoxy groups -OCH3 is 1. The second-order valence-corrected chi connectivity index (χ2v) is 10.9. The Labute approximate surface area is 239 Å². The summed E-state index contributed by atoms with van der Waals surface area (Å²) in [7, 11) is 3.48. The summed E-state index contributed by atoms with van der Waals surface area (Å²) in [4.78, 5) is 28.9. The molecule has 3 atom stereocenters. The molecular formula is C32H36FN5O3. The summed E-state index contributed by atoms with van der Waals surface area (Å²) in [5.74, 6) is 0.467. The first-order valence-electron chi connectivity index (χ1n) is 14.0. The molecular weight excluding hydrogens is 521 g/mol. The highest BCUT2D eigenvalue weighted by Crippen LogP contribution is 2.30. The first-order valence-corrected chi connectivity index (χ1v) is 14.0. The Bertz CT molecular complexity index is 1500. The van der Waals surface area contributed by atoms with Crippen LogP contribution in [0.4, 0.5) is 4.39 Å². The number of carbonyl (C=O) groups is 2. The fourth-order valence-corrected chi connectivity index (χ4v) is 5.70. The Kier molecular flexibility index (Phi) is 8.73. The molecule has 41 heavy (non-hydrogen) atoms. The summed E-state index contributed by atoms with van der Waals surface area (Å²) in [6.07, 6.45) is 3.21. The predicted molar refractivity (Wildman–Crippen MR) is 155 cm³/mol. The molecule has 0 bridgehead atoms. The summed E-state index contributed by atoms with van der Waals surface area (Å²) >= 11 is 0. The van der Waals surface area contributed by atoms with Crippen LogP contribution < -0.4 is 10.5 Å². The van der Waals surface area contributed by atoms with Gasteiger partial charge in [-0.3, -0.25) is 9.59 Å². The summed E-state index contributed by atoms with van der Waals surface area (Å²) in [6.45, 7) is 0.483. The van der Waals surface area contributed by atoms with Crippen molar-refractivity contribution < 1.29 is 18.7 Å². The number of benzene rings is 3. The van der Waals surface area contributed by atoms with Gasteiger partial charge in [0.1, 0.15) is 17.1 Å². The lowest BCUT2D eigenvalue weighted by Gasteiger charge is -2.27. The lowest BCUT2D eigenvalue weighted by atomic mass is 9.94. The van der Waals surface area contributed by atoms with Crippen molar-refractivity contribution >= 4 is 22.7 Å². The quantitative estimate of drug-likeness (QED) is 0.299. The minimum Gasteiger partial charge on any atom is -0.497 e. The fourth-order valence-electron chi connectivity index (χ4n) is 5.70. The fraction of sp³-hybridized carbons (Fsp3) is 0.375. The molecule has 2 N–H and O–H groups in total. The van der Waals surface area contributed by atoms with Crippen LogP contribution in [0.1, 0.15) is 36.0 Å². The van der Waals surface area contributed by atoms with Crippen molar-refractivity contribution in [2.45, 2.75) is 50.6 Å². The van der Waals surface area contributed by atoms with Gasteiger partial charge in [-0.25, -0.2) is 9.07 Å². The van der Waals surface area contributed by atoms with E-state index in [2.05, 4.69) is 10.3 Å². The van der Waals surface area contributed by atoms with Crippen molar-refractivity contribution in [1.82, 2.24) is 19.9 Å². The van der Waals surface area contributed by atoms with Gasteiger partial charge in [-0.2, -0.15) is 0 Å². The lowest BCUT2D eigenvalue weighted by molar-refractivity contribution is -0.138. The number of halogens is 1. The number of likely N-dealkylation sites (tertiary alicyclic amines) is 1. The highest BCUT2D eigenvalue weighted by atomic mass is 19.1. The number of aryl methyl sites for hydroxylation is 3. The van der Waals surface area contributed by atoms with E-state index in [1.165, 1.54) is 12.1 Å². The van der Waals surface area contributed by atoms with Crippen LogP contribution in [0.15, 0.2) is 66.7 Å². The minimum absolute atomic E-state index is 0.0422. The second-order valence-electron chi connectivity index (χ2n) is 10.9. The number of amides is 1. The number of nitrogens with zero attached hydrogens (tertiary/aromatic N) is 4. The molecule has 1 fully saturated rings. The maximum absolute atomic E-state index is 13.6. The van der Waals surface area contributed by atoms with Crippen LogP contribution >= 0.6 is 0 Å². The third-order valence-electron chi connectivity index (χ3n) is 8.04. The predicted octanol–water partition coefficient (Wildman–Crippen LogP) is 4.04. The van der Waals surface area contributed by atoms with Crippen molar-refractivity contribution in [1.29, 1.82) is 0 Å². The molecule has 4 aromatic rings. The molecule has 1 amide bonds. The van der Waals surface area contributed by atoms with E-state index in [1.54, 1.807) is 28.8 Å². The van der Waals surface area contributed by atoms with Gasteiger partial charge >= 0.3 is 0 Å². The number of rotatable bonds is 11. The molecule has 1 aliphatic heterocycles. The summed E-state index contributed by atoms with van der Waals surface area (Å²) in [5, 5.41) is 8.23. The number of nitrogens with two attached hydrogens (primary N) is 1. The Balaban J connectivity index is 1.27. The van der Waals surface area contributed by atoms with E-state index in [0.29, 0.717) is 38.6 Å². The number of aromatic nitrogens is 3. The highest BCUT2D eigenvalue weighted by Gasteiger charge is 2.40. The van der Waals surface area contributed by atoms with Crippen LogP contribution in [0.3, 0.4) is 0 Å². The zero-order valence-corrected chi connectivity index (χ0v) is 23.5. The van der Waals surface area contributed by atoms with Crippen molar-refractivity contribution in [2.75, 3.05) is 13.7 Å². The summed E-state index contributed by atoms with van der Waals surface area (Å²) in [5.41, 5.74) is 11.2. The molecule has 0 aliphatic carbocycles. The Hall–Kier alpha value is -4.11. The molecule has 214 valence electrons. The first-order chi connectivity index (χ1) is 19.8. The van der Waals surface area contributed by atoms with Crippen LogP contribution in [-0.4, -0.2) is 57.3 Å². The van der Waals surface area contributed by atoms with E-state index < -0.39 is 12.1 Å². The molecule has 2 heterocycles. The zero-order valence-electron chi connectivity index (χ0n) is 23.5. The molecule has 0 radical (unpaired) electrons. The average molecular weight is 558 g/mol. The van der Waals surface area contributed by atoms with Gasteiger partial charge in [0, 0.05) is 20.0 Å². The monoisotopic (exact) mass is 557 g/mol. The van der Waals surface area contributed by atoms with Gasteiger partial charge in [-0.1, -0.05) is 35.5 Å². The number of ketones is 1. The van der Waals surface area contributed by atoms with Crippen molar-refractivity contribution in [3.8, 4) is 5.75 Å². The third kappa shape index (κ3) is 6.79. The molecule has 5 rings (SSSR count). The molecule has 8 nitrogen and oxygen atoms in total. The number of fused-ring (bicyclic) bond motifs is 1. The minimum atomic E-state index is -0.742. The number of hydrogen-bond donors (Lipinski definition) is 1. The number of carbonyl (C=O) groups excluding carboxylic acids is 2. The van der Waals surface area contributed by atoms with Gasteiger partial charge in [-0.15, -0.1) is 5.10 Å². The topological polar surface area (TPSA) is 103 Å². The Morgan fingerprint density at radius 1 is 1.02 bits per heavy atom. The average Bonchev–Trinajstić information content (AvgIpc) is 3.58. The lowest BCUT2D eigenvalue weighted by Crippen LogP contribution is -2.48. The molecule has 3 aromatic carbocycles. The molecule has 1 saturated heterocycles. The van der Waals surface area contributed by atoms with E-state index in [4.69, 9.17) is 10.5 Å². The van der Waals surface area contributed by atoms with Gasteiger partial charge in [0.05, 0.1) is 24.7 Å². The van der Waals surface area contributed by atoms with E-state index in [1.807, 2.05) is 49.5 Å². The van der Waals surface area contributed by atoms with Gasteiger partial charge < -0.3 is 15.4 Å². The van der Waals surface area contributed by atoms with Crippen LogP contribution in [-0.2, 0) is 35.9 Å². The molecule has 1 aromatic heterocycles. The van der Waals surface area contributed by atoms with E-state index in [9.17, 15) is 14.0 Å². The largest absolute Gasteiger partial charge is 0.497 e. The highest BCUT2D eigenvalue weighted by molar-refractivity contribution is 5.91. The van der Waals surface area contributed by atoms with Crippen molar-refractivity contribution in [2.24, 2.45) is 18.7 Å². The SMILES string of the molecule is COc1ccc(C[C@@H]2C[C@@H](C(=O)CCc3ccc4c(c3)nnn4C)N(C(=O)[C@H](N)CCc3ccc(F)cc3)C2)cc1. The van der Waals surface area contributed by atoms with Crippen LogP contribution in [0, 0.1) is 11.7 Å². The van der Waals surface area contributed by atoms with E-state index >= 15 is 0 Å². The van der Waals surface area contributed by atoms with Crippen LogP contribution in [0.2, 0.25) is 0 Å². The molecule has 0 saturated carbocycles. The number of Topliss-reactive ketones (excluding diaryl/α,β-unsaturated/α-hetero) is 1. The molecule has 9 heteroatoms. The van der Waals surface area contributed by atoms with E-state index in [0.717, 1.165) is 39.9 Å². The van der Waals surface area contributed by atoms with Gasteiger partial charge in [0.2, 0.25) is 5.91 Å². The molecule has 0 spiro atoms. The third-order valence-corrected chi connectivity index (χ3v) is 8.04. The smallest absolute Gasteiger partial charge is 0.240 e. The molecule has 0 unspecified atom stereocenters. The second kappa shape index (κ2) is 12.6. The van der Waals surface area contributed by atoms with Crippen molar-refractivity contribution in [3.63, 3.8) is 0 Å². The number of hydrogen-bond acceptors (Lipinski definition) is 6. The van der Waals surface area contributed by atoms with Crippen LogP contribution in [0.5, 0.6) is 5.75 Å².